The van der Waals surface area contributed by atoms with Crippen LogP contribution >= 0.6 is 0 Å². The van der Waals surface area contributed by atoms with Crippen LogP contribution in [0.25, 0.3) is 0 Å². The summed E-state index contributed by atoms with van der Waals surface area (Å²) in [5.74, 6) is -0.245. The Hall–Kier alpha value is -2.82. The van der Waals surface area contributed by atoms with Crippen LogP contribution < -0.4 is 16.2 Å². The van der Waals surface area contributed by atoms with E-state index in [1.165, 1.54) is 0 Å². The van der Waals surface area contributed by atoms with E-state index in [-0.39, 0.29) is 18.4 Å². The van der Waals surface area contributed by atoms with Gasteiger partial charge in [0.1, 0.15) is 0 Å². The first-order chi connectivity index (χ1) is 11.1. The van der Waals surface area contributed by atoms with Crippen molar-refractivity contribution in [2.45, 2.75) is 19.8 Å². The number of amides is 2. The first-order valence-electron chi connectivity index (χ1n) is 7.54. The van der Waals surface area contributed by atoms with E-state index in [1.54, 1.807) is 12.1 Å². The Morgan fingerprint density at radius 1 is 0.913 bits per heavy atom. The maximum atomic E-state index is 12.0. The summed E-state index contributed by atoms with van der Waals surface area (Å²) in [5, 5.41) is 2.96. The molecule has 0 bridgehead atoms. The highest BCUT2D eigenvalue weighted by molar-refractivity contribution is 5.95. The summed E-state index contributed by atoms with van der Waals surface area (Å²) in [6.07, 6.45) is 0. The van der Waals surface area contributed by atoms with Crippen LogP contribution in [-0.2, 0) is 4.79 Å². The van der Waals surface area contributed by atoms with Crippen LogP contribution in [-0.4, -0.2) is 18.4 Å². The van der Waals surface area contributed by atoms with Crippen LogP contribution in [0.5, 0.6) is 0 Å². The molecule has 0 atom stereocenters. The molecule has 2 amide bonds. The van der Waals surface area contributed by atoms with Gasteiger partial charge in [-0.2, -0.15) is 0 Å². The number of hydrazine groups is 1. The third-order valence-electron chi connectivity index (χ3n) is 3.38. The Balaban J connectivity index is 1.78. The Kier molecular flexibility index (Phi) is 5.74. The molecule has 2 aromatic rings. The van der Waals surface area contributed by atoms with Crippen molar-refractivity contribution in [1.29, 1.82) is 0 Å². The average Bonchev–Trinajstić information content (AvgIpc) is 2.58. The quantitative estimate of drug-likeness (QED) is 0.744. The van der Waals surface area contributed by atoms with E-state index in [4.69, 9.17) is 0 Å². The van der Waals surface area contributed by atoms with Gasteiger partial charge >= 0.3 is 0 Å². The SMILES string of the molecule is CC(C)c1ccc(C(=O)NNC(=O)CNc2ccccc2)cc1. The first kappa shape index (κ1) is 16.5. The highest BCUT2D eigenvalue weighted by atomic mass is 16.2. The summed E-state index contributed by atoms with van der Waals surface area (Å²) in [7, 11) is 0. The zero-order chi connectivity index (χ0) is 16.7. The number of nitrogens with one attached hydrogen (secondary N) is 3. The minimum atomic E-state index is -0.339. The highest BCUT2D eigenvalue weighted by Crippen LogP contribution is 2.14. The molecule has 0 saturated heterocycles. The topological polar surface area (TPSA) is 70.2 Å². The van der Waals surface area contributed by atoms with Gasteiger partial charge in [0.25, 0.3) is 11.8 Å². The van der Waals surface area contributed by atoms with E-state index in [0.29, 0.717) is 11.5 Å². The lowest BCUT2D eigenvalue weighted by Gasteiger charge is -2.10. The molecule has 0 aliphatic heterocycles. The monoisotopic (exact) mass is 311 g/mol. The second kappa shape index (κ2) is 7.98. The number of anilines is 1. The van der Waals surface area contributed by atoms with Crippen molar-refractivity contribution >= 4 is 17.5 Å². The van der Waals surface area contributed by atoms with Crippen LogP contribution in [0.1, 0.15) is 35.7 Å². The lowest BCUT2D eigenvalue weighted by Crippen LogP contribution is -2.44. The predicted octanol–water partition coefficient (Wildman–Crippen LogP) is 2.68. The predicted molar refractivity (Wildman–Crippen MR) is 91.1 cm³/mol. The van der Waals surface area contributed by atoms with Gasteiger partial charge in [-0.05, 0) is 35.7 Å². The van der Waals surface area contributed by atoms with E-state index in [9.17, 15) is 9.59 Å². The van der Waals surface area contributed by atoms with Crippen molar-refractivity contribution in [1.82, 2.24) is 10.9 Å². The van der Waals surface area contributed by atoms with E-state index >= 15 is 0 Å². The lowest BCUT2D eigenvalue weighted by molar-refractivity contribution is -0.120. The summed E-state index contributed by atoms with van der Waals surface area (Å²) >= 11 is 0. The first-order valence-corrected chi connectivity index (χ1v) is 7.54. The maximum absolute atomic E-state index is 12.0. The smallest absolute Gasteiger partial charge is 0.269 e. The summed E-state index contributed by atoms with van der Waals surface area (Å²) in [6.45, 7) is 4.26. The van der Waals surface area contributed by atoms with E-state index < -0.39 is 0 Å². The molecule has 2 rings (SSSR count). The number of carbonyl (C=O) groups excluding carboxylic acids is 2. The van der Waals surface area contributed by atoms with Crippen LogP contribution in [0.15, 0.2) is 54.6 Å². The second-order valence-electron chi connectivity index (χ2n) is 5.50. The van der Waals surface area contributed by atoms with E-state index in [1.807, 2.05) is 42.5 Å². The molecule has 2 aromatic carbocycles. The fourth-order valence-corrected chi connectivity index (χ4v) is 2.00. The van der Waals surface area contributed by atoms with Gasteiger partial charge < -0.3 is 5.32 Å². The molecule has 5 nitrogen and oxygen atoms in total. The maximum Gasteiger partial charge on any atom is 0.269 e. The molecule has 0 fully saturated rings. The molecule has 0 radical (unpaired) electrons. The van der Waals surface area contributed by atoms with Gasteiger partial charge in [-0.25, -0.2) is 0 Å². The van der Waals surface area contributed by atoms with Gasteiger partial charge in [0, 0.05) is 11.3 Å². The molecular weight excluding hydrogens is 290 g/mol. The standard InChI is InChI=1S/C18H21N3O2/c1-13(2)14-8-10-15(11-9-14)18(23)21-20-17(22)12-19-16-6-4-3-5-7-16/h3-11,13,19H,12H2,1-2H3,(H,20,22)(H,21,23). The van der Waals surface area contributed by atoms with Crippen LogP contribution in [0, 0.1) is 0 Å². The number of benzene rings is 2. The molecule has 3 N–H and O–H groups in total. The third-order valence-corrected chi connectivity index (χ3v) is 3.38. The number of hydrogen-bond donors (Lipinski definition) is 3. The van der Waals surface area contributed by atoms with Gasteiger partial charge in [-0.3, -0.25) is 20.4 Å². The fourth-order valence-electron chi connectivity index (χ4n) is 2.00. The average molecular weight is 311 g/mol. The van der Waals surface area contributed by atoms with Crippen molar-refractivity contribution in [2.24, 2.45) is 0 Å². The normalized spacial score (nSPS) is 10.2. The van der Waals surface area contributed by atoms with Crippen molar-refractivity contribution < 1.29 is 9.59 Å². The van der Waals surface area contributed by atoms with Crippen LogP contribution in [0.3, 0.4) is 0 Å². The van der Waals surface area contributed by atoms with Crippen LogP contribution in [0.2, 0.25) is 0 Å². The van der Waals surface area contributed by atoms with Gasteiger partial charge in [0.15, 0.2) is 0 Å². The Morgan fingerprint density at radius 3 is 2.17 bits per heavy atom. The number of carbonyl (C=O) groups is 2. The number of para-hydroxylation sites is 1. The van der Waals surface area contributed by atoms with Crippen molar-refractivity contribution in [3.63, 3.8) is 0 Å². The van der Waals surface area contributed by atoms with Gasteiger partial charge in [-0.1, -0.05) is 44.2 Å². The molecule has 23 heavy (non-hydrogen) atoms. The Bertz CT molecular complexity index is 652. The second-order valence-corrected chi connectivity index (χ2v) is 5.50. The minimum Gasteiger partial charge on any atom is -0.376 e. The molecule has 0 aliphatic carbocycles. The molecule has 0 heterocycles. The van der Waals surface area contributed by atoms with E-state index in [0.717, 1.165) is 11.3 Å². The van der Waals surface area contributed by atoms with Crippen molar-refractivity contribution in [2.75, 3.05) is 11.9 Å². The molecule has 5 heteroatoms. The molecule has 0 unspecified atom stereocenters. The molecule has 0 aromatic heterocycles. The van der Waals surface area contributed by atoms with Crippen molar-refractivity contribution in [3.8, 4) is 0 Å². The number of rotatable bonds is 5. The lowest BCUT2D eigenvalue weighted by atomic mass is 10.0. The summed E-state index contributed by atoms with van der Waals surface area (Å²) < 4.78 is 0. The minimum absolute atomic E-state index is 0.0799. The molecule has 0 saturated carbocycles. The largest absolute Gasteiger partial charge is 0.376 e. The van der Waals surface area contributed by atoms with E-state index in [2.05, 4.69) is 30.0 Å². The highest BCUT2D eigenvalue weighted by Gasteiger charge is 2.08. The summed E-state index contributed by atoms with van der Waals surface area (Å²) in [5.41, 5.74) is 7.31. The van der Waals surface area contributed by atoms with Crippen LogP contribution in [0.4, 0.5) is 5.69 Å². The molecular formula is C18H21N3O2. The van der Waals surface area contributed by atoms with Gasteiger partial charge in [-0.15, -0.1) is 0 Å². The van der Waals surface area contributed by atoms with Gasteiger partial charge in [0.2, 0.25) is 0 Å². The molecule has 0 spiro atoms. The Morgan fingerprint density at radius 2 is 1.57 bits per heavy atom. The summed E-state index contributed by atoms with van der Waals surface area (Å²) in [6, 6.07) is 16.7. The zero-order valence-electron chi connectivity index (χ0n) is 13.3. The number of hydrogen-bond acceptors (Lipinski definition) is 3. The third kappa shape index (κ3) is 5.14. The zero-order valence-corrected chi connectivity index (χ0v) is 13.3. The van der Waals surface area contributed by atoms with Crippen molar-refractivity contribution in [3.05, 3.63) is 65.7 Å². The molecule has 120 valence electrons. The Labute approximate surface area is 136 Å². The fraction of sp³-hybridized carbons (Fsp3) is 0.222. The molecule has 0 aliphatic rings. The van der Waals surface area contributed by atoms with Gasteiger partial charge in [0.05, 0.1) is 6.54 Å². The summed E-state index contributed by atoms with van der Waals surface area (Å²) in [4.78, 5) is 23.7.